The fraction of sp³-hybridized carbons (Fsp3) is 0. The van der Waals surface area contributed by atoms with Crippen LogP contribution >= 0.6 is 78.3 Å². The van der Waals surface area contributed by atoms with Crippen LogP contribution in [0.4, 0.5) is 0 Å². The van der Waals surface area contributed by atoms with E-state index in [1.165, 1.54) is 48.5 Å². The average Bonchev–Trinajstić information content (AvgIpc) is 2.73. The minimum Gasteiger partial charge on any atom is -0.199 e. The zero-order valence-corrected chi connectivity index (χ0v) is 23.1. The van der Waals surface area contributed by atoms with E-state index in [1.54, 1.807) is 0 Å². The topological polar surface area (TPSA) is 93.0 Å². The summed E-state index contributed by atoms with van der Waals surface area (Å²) in [6.07, 6.45) is 0. The molecule has 1 aliphatic carbocycles. The summed E-state index contributed by atoms with van der Waals surface area (Å²) in [5.74, 6) is 0. The van der Waals surface area contributed by atoms with E-state index < -0.39 is 51.6 Å². The summed E-state index contributed by atoms with van der Waals surface area (Å²) < 4.78 is 59.2. The van der Waals surface area contributed by atoms with Gasteiger partial charge in [0.2, 0.25) is 0 Å². The molecule has 2 aromatic carbocycles. The third-order valence-corrected chi connectivity index (χ3v) is 9.17. The molecule has 6 nitrogen and oxygen atoms in total. The third kappa shape index (κ3) is 5.50. The van der Waals surface area contributed by atoms with Crippen LogP contribution in [0.1, 0.15) is 0 Å². The molecule has 0 radical (unpaired) electrons. The predicted octanol–water partition coefficient (Wildman–Crippen LogP) is 6.56. The number of allylic oxidation sites excluding steroid dienone is 4. The highest BCUT2D eigenvalue weighted by Gasteiger charge is 2.32. The van der Waals surface area contributed by atoms with Crippen LogP contribution in [0.2, 0.25) is 0 Å². The van der Waals surface area contributed by atoms with Crippen molar-refractivity contribution in [3.05, 3.63) is 77.6 Å². The molecule has 0 atom stereocenters. The fourth-order valence-electron chi connectivity index (χ4n) is 2.33. The van der Waals surface area contributed by atoms with Gasteiger partial charge in [0.1, 0.15) is 11.4 Å². The molecule has 0 saturated heterocycles. The van der Waals surface area contributed by atoms with E-state index in [-0.39, 0.29) is 9.79 Å². The average molecular weight is 682 g/mol. The largest absolute Gasteiger partial charge is 0.282 e. The first-order chi connectivity index (χ1) is 14.8. The van der Waals surface area contributed by atoms with Crippen molar-refractivity contribution in [2.24, 2.45) is 8.80 Å². The van der Waals surface area contributed by atoms with Crippen molar-refractivity contribution in [1.82, 2.24) is 0 Å². The Kier molecular flexibility index (Phi) is 7.99. The molecule has 14 heteroatoms. The molecule has 0 bridgehead atoms. The summed E-state index contributed by atoms with van der Waals surface area (Å²) in [5.41, 5.74) is -0.877. The molecule has 3 rings (SSSR count). The number of rotatable bonds is 4. The molecule has 1 aliphatic rings. The molecular formula is C18H8Br2Cl4N2O4S2. The van der Waals surface area contributed by atoms with E-state index in [0.717, 1.165) is 0 Å². The van der Waals surface area contributed by atoms with Crippen LogP contribution < -0.4 is 0 Å². The Bertz CT molecular complexity index is 1290. The van der Waals surface area contributed by atoms with E-state index >= 15 is 0 Å². The number of halogens is 6. The van der Waals surface area contributed by atoms with Crippen LogP contribution in [0, 0.1) is 0 Å². The van der Waals surface area contributed by atoms with Crippen molar-refractivity contribution in [3.63, 3.8) is 0 Å². The lowest BCUT2D eigenvalue weighted by Crippen LogP contribution is -2.18. The molecule has 0 amide bonds. The van der Waals surface area contributed by atoms with Crippen molar-refractivity contribution >= 4 is 110 Å². The van der Waals surface area contributed by atoms with Gasteiger partial charge < -0.3 is 0 Å². The van der Waals surface area contributed by atoms with E-state index in [1.807, 2.05) is 0 Å². The molecule has 2 aromatic rings. The molecule has 0 saturated carbocycles. The second kappa shape index (κ2) is 9.87. The summed E-state index contributed by atoms with van der Waals surface area (Å²) in [6, 6.07) is 11.3. The first-order valence-electron chi connectivity index (χ1n) is 8.16. The Balaban J connectivity index is 2.11. The van der Waals surface area contributed by atoms with Crippen molar-refractivity contribution in [3.8, 4) is 0 Å². The molecule has 0 spiro atoms. The van der Waals surface area contributed by atoms with E-state index in [2.05, 4.69) is 40.7 Å². The van der Waals surface area contributed by atoms with Crippen LogP contribution in [0.25, 0.3) is 0 Å². The monoisotopic (exact) mass is 678 g/mol. The minimum absolute atomic E-state index is 0.133. The number of hydrogen-bond donors (Lipinski definition) is 0. The van der Waals surface area contributed by atoms with Crippen LogP contribution in [-0.4, -0.2) is 28.3 Å². The first-order valence-corrected chi connectivity index (χ1v) is 14.1. The second-order valence-corrected chi connectivity index (χ2v) is 12.5. The van der Waals surface area contributed by atoms with Gasteiger partial charge in [0.05, 0.1) is 29.9 Å². The highest BCUT2D eigenvalue weighted by Crippen LogP contribution is 2.36. The molecule has 0 aliphatic heterocycles. The zero-order chi connectivity index (χ0) is 23.8. The van der Waals surface area contributed by atoms with Crippen LogP contribution in [0.3, 0.4) is 0 Å². The van der Waals surface area contributed by atoms with Gasteiger partial charge >= 0.3 is 0 Å². The summed E-state index contributed by atoms with van der Waals surface area (Å²) in [7, 11) is -8.48. The molecule has 0 fully saturated rings. The van der Waals surface area contributed by atoms with Gasteiger partial charge in [0.15, 0.2) is 0 Å². The lowest BCUT2D eigenvalue weighted by molar-refractivity contribution is 0.596. The minimum atomic E-state index is -4.24. The van der Waals surface area contributed by atoms with Crippen molar-refractivity contribution in [2.45, 2.75) is 9.79 Å². The summed E-state index contributed by atoms with van der Waals surface area (Å²) in [5, 5.41) is -1.70. The van der Waals surface area contributed by atoms with Gasteiger partial charge in [0, 0.05) is 8.95 Å². The predicted molar refractivity (Wildman–Crippen MR) is 135 cm³/mol. The Labute approximate surface area is 221 Å². The smallest absolute Gasteiger partial charge is 0.199 e. The number of sulfonamides is 2. The van der Waals surface area contributed by atoms with Gasteiger partial charge in [0.25, 0.3) is 20.0 Å². The number of hydrogen-bond acceptors (Lipinski definition) is 4. The molecule has 0 unspecified atom stereocenters. The number of benzene rings is 2. The van der Waals surface area contributed by atoms with Crippen LogP contribution in [0.15, 0.2) is 96.2 Å². The Morgan fingerprint density at radius 1 is 0.531 bits per heavy atom. The standard InChI is InChI=1S/C18H8Br2Cl4N2O4S2/c19-9-1-5-11(6-2-9)31(27,28)25-17-13(21)15(23)18(16(24)14(17)22)26-32(29,30)12-7-3-10(20)4-8-12/h1-8H. The summed E-state index contributed by atoms with van der Waals surface area (Å²) in [4.78, 5) is -0.265. The fourth-order valence-corrected chi connectivity index (χ4v) is 6.08. The quantitative estimate of drug-likeness (QED) is 0.342. The SMILES string of the molecule is O=S(=O)(N=C1C(Cl)=C(Cl)C(=NS(=O)(=O)c2ccc(Br)cc2)C(Cl)=C1Cl)c1ccc(Br)cc1. The maximum atomic E-state index is 12.7. The van der Waals surface area contributed by atoms with E-state index in [4.69, 9.17) is 46.4 Å². The van der Waals surface area contributed by atoms with E-state index in [0.29, 0.717) is 8.95 Å². The van der Waals surface area contributed by atoms with Gasteiger partial charge in [-0.1, -0.05) is 78.3 Å². The lowest BCUT2D eigenvalue weighted by atomic mass is 10.1. The molecule has 0 aromatic heterocycles. The number of nitrogens with zero attached hydrogens (tertiary/aromatic N) is 2. The Morgan fingerprint density at radius 2 is 0.781 bits per heavy atom. The normalized spacial score (nSPS) is 15.3. The van der Waals surface area contributed by atoms with Gasteiger partial charge in [-0.2, -0.15) is 25.6 Å². The molecular weight excluding hydrogens is 674 g/mol. The Morgan fingerprint density at radius 3 is 1.03 bits per heavy atom. The zero-order valence-electron chi connectivity index (χ0n) is 15.2. The summed E-state index contributed by atoms with van der Waals surface area (Å²) in [6.45, 7) is 0. The first kappa shape index (κ1) is 25.9. The molecule has 32 heavy (non-hydrogen) atoms. The van der Waals surface area contributed by atoms with Gasteiger partial charge in [-0.15, -0.1) is 0 Å². The Hall–Kier alpha value is -0.720. The molecule has 0 N–H and O–H groups in total. The second-order valence-electron chi connectivity index (χ2n) is 5.99. The van der Waals surface area contributed by atoms with Crippen molar-refractivity contribution in [2.75, 3.05) is 0 Å². The van der Waals surface area contributed by atoms with Gasteiger partial charge in [-0.05, 0) is 48.5 Å². The lowest BCUT2D eigenvalue weighted by Gasteiger charge is -2.17. The molecule has 168 valence electrons. The van der Waals surface area contributed by atoms with Crippen molar-refractivity contribution < 1.29 is 16.8 Å². The van der Waals surface area contributed by atoms with Crippen molar-refractivity contribution in [1.29, 1.82) is 0 Å². The van der Waals surface area contributed by atoms with Crippen LogP contribution in [-0.2, 0) is 20.0 Å². The van der Waals surface area contributed by atoms with E-state index in [9.17, 15) is 16.8 Å². The maximum absolute atomic E-state index is 12.7. The van der Waals surface area contributed by atoms with Gasteiger partial charge in [-0.3, -0.25) is 0 Å². The maximum Gasteiger partial charge on any atom is 0.282 e. The summed E-state index contributed by atoms with van der Waals surface area (Å²) >= 11 is 31.2. The highest BCUT2D eigenvalue weighted by molar-refractivity contribution is 9.10. The highest BCUT2D eigenvalue weighted by atomic mass is 79.9. The molecule has 0 heterocycles. The van der Waals surface area contributed by atoms with Crippen LogP contribution in [0.5, 0.6) is 0 Å². The van der Waals surface area contributed by atoms with Gasteiger partial charge in [-0.25, -0.2) is 0 Å². The third-order valence-electron chi connectivity index (χ3n) is 3.86.